The molecule has 0 heterocycles. The van der Waals surface area contributed by atoms with Crippen LogP contribution < -0.4 is 4.74 Å². The molecule has 1 radical (unpaired) electrons. The van der Waals surface area contributed by atoms with Crippen molar-refractivity contribution in [3.8, 4) is 11.5 Å². The van der Waals surface area contributed by atoms with E-state index in [0.29, 0.717) is 0 Å². The summed E-state index contributed by atoms with van der Waals surface area (Å²) >= 11 is 0. The molecule has 0 aliphatic heterocycles. The third-order valence-corrected chi connectivity index (χ3v) is 2.39. The van der Waals surface area contributed by atoms with Crippen LogP contribution in [0.1, 0.15) is 18.9 Å². The third kappa shape index (κ3) is 2.86. The summed E-state index contributed by atoms with van der Waals surface area (Å²) in [6.07, 6.45) is 2.30. The van der Waals surface area contributed by atoms with Crippen LogP contribution in [0.3, 0.4) is 0 Å². The Morgan fingerprint density at radius 3 is 2.19 bits per heavy atom. The number of hydrogen-bond acceptors (Lipinski definition) is 1. The standard InChI is InChI=1S/C15H15O/c1-2-6-13-9-11-15(12-10-13)16-14-7-4-3-5-8-14/h4-5,7-12H,2,6H2,1H3. The lowest BCUT2D eigenvalue weighted by atomic mass is 10.1. The van der Waals surface area contributed by atoms with E-state index in [1.54, 1.807) is 0 Å². The van der Waals surface area contributed by atoms with Gasteiger partial charge in [0.25, 0.3) is 0 Å². The van der Waals surface area contributed by atoms with Crippen molar-refractivity contribution < 1.29 is 4.74 Å². The van der Waals surface area contributed by atoms with E-state index in [4.69, 9.17) is 4.74 Å². The van der Waals surface area contributed by atoms with E-state index in [1.165, 1.54) is 12.0 Å². The Kier molecular flexibility index (Phi) is 3.60. The molecule has 2 rings (SSSR count). The highest BCUT2D eigenvalue weighted by Gasteiger charge is 1.96. The molecule has 1 heteroatoms. The van der Waals surface area contributed by atoms with Gasteiger partial charge in [0, 0.05) is 0 Å². The first kappa shape index (κ1) is 10.7. The van der Waals surface area contributed by atoms with E-state index in [0.717, 1.165) is 17.9 Å². The zero-order valence-corrected chi connectivity index (χ0v) is 9.44. The Hall–Kier alpha value is -1.76. The van der Waals surface area contributed by atoms with Crippen molar-refractivity contribution in [3.63, 3.8) is 0 Å². The van der Waals surface area contributed by atoms with E-state index in [9.17, 15) is 0 Å². The van der Waals surface area contributed by atoms with Crippen LogP contribution in [-0.4, -0.2) is 0 Å². The van der Waals surface area contributed by atoms with Gasteiger partial charge >= 0.3 is 0 Å². The van der Waals surface area contributed by atoms with Crippen molar-refractivity contribution in [2.75, 3.05) is 0 Å². The predicted molar refractivity (Wildman–Crippen MR) is 65.8 cm³/mol. The number of aryl methyl sites for hydroxylation is 1. The maximum absolute atomic E-state index is 5.69. The molecule has 16 heavy (non-hydrogen) atoms. The van der Waals surface area contributed by atoms with Crippen molar-refractivity contribution in [1.82, 2.24) is 0 Å². The maximum Gasteiger partial charge on any atom is 0.127 e. The summed E-state index contributed by atoms with van der Waals surface area (Å²) in [5.74, 6) is 1.73. The maximum atomic E-state index is 5.69. The highest BCUT2D eigenvalue weighted by atomic mass is 16.5. The first-order valence-electron chi connectivity index (χ1n) is 5.61. The van der Waals surface area contributed by atoms with Crippen molar-refractivity contribution in [2.24, 2.45) is 0 Å². The molecule has 0 unspecified atom stereocenters. The second-order valence-corrected chi connectivity index (χ2v) is 3.73. The van der Waals surface area contributed by atoms with E-state index in [2.05, 4.69) is 25.1 Å². The van der Waals surface area contributed by atoms with Crippen LogP contribution in [0.5, 0.6) is 11.5 Å². The highest BCUT2D eigenvalue weighted by Crippen LogP contribution is 2.21. The predicted octanol–water partition coefficient (Wildman–Crippen LogP) is 4.23. The SMILES string of the molecule is CCCc1ccc(Oc2cc[c]cc2)cc1. The highest BCUT2D eigenvalue weighted by molar-refractivity contribution is 5.32. The minimum Gasteiger partial charge on any atom is -0.457 e. The van der Waals surface area contributed by atoms with Gasteiger partial charge in [-0.2, -0.15) is 0 Å². The molecule has 0 bridgehead atoms. The Morgan fingerprint density at radius 2 is 1.56 bits per heavy atom. The average Bonchev–Trinajstić information content (AvgIpc) is 2.33. The molecule has 0 saturated heterocycles. The minimum atomic E-state index is 0.849. The van der Waals surface area contributed by atoms with Gasteiger partial charge in [-0.15, -0.1) is 0 Å². The Morgan fingerprint density at radius 1 is 0.938 bits per heavy atom. The van der Waals surface area contributed by atoms with Crippen molar-refractivity contribution >= 4 is 0 Å². The van der Waals surface area contributed by atoms with E-state index >= 15 is 0 Å². The Bertz CT molecular complexity index is 417. The molecule has 81 valence electrons. The topological polar surface area (TPSA) is 9.23 Å². The van der Waals surface area contributed by atoms with Gasteiger partial charge in [0.2, 0.25) is 0 Å². The molecule has 0 aromatic heterocycles. The molecular weight excluding hydrogens is 196 g/mol. The zero-order chi connectivity index (χ0) is 11.2. The monoisotopic (exact) mass is 211 g/mol. The fraction of sp³-hybridized carbons (Fsp3) is 0.200. The van der Waals surface area contributed by atoms with Gasteiger partial charge in [0.15, 0.2) is 0 Å². The minimum absolute atomic E-state index is 0.849. The fourth-order valence-electron chi connectivity index (χ4n) is 1.59. The molecule has 0 spiro atoms. The second-order valence-electron chi connectivity index (χ2n) is 3.73. The fourth-order valence-corrected chi connectivity index (χ4v) is 1.59. The third-order valence-electron chi connectivity index (χ3n) is 2.39. The molecule has 0 saturated carbocycles. The average molecular weight is 211 g/mol. The largest absolute Gasteiger partial charge is 0.457 e. The summed E-state index contributed by atoms with van der Waals surface area (Å²) in [4.78, 5) is 0. The Balaban J connectivity index is 2.05. The molecule has 0 N–H and O–H groups in total. The molecular formula is C15H15O. The quantitative estimate of drug-likeness (QED) is 0.735. The summed E-state index contributed by atoms with van der Waals surface area (Å²) in [7, 11) is 0. The first-order valence-corrected chi connectivity index (χ1v) is 5.61. The molecule has 0 fully saturated rings. The van der Waals surface area contributed by atoms with E-state index < -0.39 is 0 Å². The van der Waals surface area contributed by atoms with Gasteiger partial charge in [-0.25, -0.2) is 0 Å². The Labute approximate surface area is 96.7 Å². The number of benzene rings is 2. The van der Waals surface area contributed by atoms with Gasteiger partial charge in [0.05, 0.1) is 0 Å². The summed E-state index contributed by atoms with van der Waals surface area (Å²) < 4.78 is 5.69. The molecule has 0 aliphatic carbocycles. The van der Waals surface area contributed by atoms with Crippen molar-refractivity contribution in [3.05, 3.63) is 60.2 Å². The lowest BCUT2D eigenvalue weighted by molar-refractivity contribution is 0.482. The van der Waals surface area contributed by atoms with Crippen LogP contribution in [0.15, 0.2) is 48.5 Å². The van der Waals surface area contributed by atoms with Crippen LogP contribution >= 0.6 is 0 Å². The van der Waals surface area contributed by atoms with Gasteiger partial charge in [-0.3, -0.25) is 0 Å². The van der Waals surface area contributed by atoms with Gasteiger partial charge < -0.3 is 4.74 Å². The lowest BCUT2D eigenvalue weighted by Gasteiger charge is -2.06. The molecule has 0 aliphatic rings. The normalized spacial score (nSPS) is 10.1. The molecule has 2 aromatic carbocycles. The summed E-state index contributed by atoms with van der Waals surface area (Å²) in [5, 5.41) is 0. The van der Waals surface area contributed by atoms with Crippen LogP contribution in [-0.2, 0) is 6.42 Å². The lowest BCUT2D eigenvalue weighted by Crippen LogP contribution is -1.85. The van der Waals surface area contributed by atoms with E-state index in [1.807, 2.05) is 36.4 Å². The number of ether oxygens (including phenoxy) is 1. The molecule has 0 amide bonds. The zero-order valence-electron chi connectivity index (χ0n) is 9.44. The summed E-state index contributed by atoms with van der Waals surface area (Å²) in [6, 6.07) is 18.7. The van der Waals surface area contributed by atoms with Gasteiger partial charge in [-0.05, 0) is 42.3 Å². The molecule has 1 nitrogen and oxygen atoms in total. The summed E-state index contributed by atoms with van der Waals surface area (Å²) in [5.41, 5.74) is 1.36. The van der Waals surface area contributed by atoms with Crippen LogP contribution in [0.4, 0.5) is 0 Å². The van der Waals surface area contributed by atoms with Gasteiger partial charge in [0.1, 0.15) is 11.5 Å². The van der Waals surface area contributed by atoms with Crippen LogP contribution in [0.2, 0.25) is 0 Å². The number of hydrogen-bond donors (Lipinski definition) is 0. The summed E-state index contributed by atoms with van der Waals surface area (Å²) in [6.45, 7) is 2.19. The molecule has 0 atom stereocenters. The number of rotatable bonds is 4. The van der Waals surface area contributed by atoms with Gasteiger partial charge in [-0.1, -0.05) is 37.6 Å². The van der Waals surface area contributed by atoms with Crippen LogP contribution in [0.25, 0.3) is 0 Å². The van der Waals surface area contributed by atoms with Crippen molar-refractivity contribution in [2.45, 2.75) is 19.8 Å². The van der Waals surface area contributed by atoms with Crippen molar-refractivity contribution in [1.29, 1.82) is 0 Å². The smallest absolute Gasteiger partial charge is 0.127 e. The first-order chi connectivity index (χ1) is 7.88. The van der Waals surface area contributed by atoms with Crippen LogP contribution in [0, 0.1) is 6.07 Å². The second kappa shape index (κ2) is 5.36. The molecule has 2 aromatic rings. The van der Waals surface area contributed by atoms with E-state index in [-0.39, 0.29) is 0 Å².